The monoisotopic (exact) mass is 487 g/mol. The number of pyridine rings is 1. The van der Waals surface area contributed by atoms with E-state index in [1.165, 1.54) is 36.2 Å². The molecule has 0 fully saturated rings. The summed E-state index contributed by atoms with van der Waals surface area (Å²) >= 11 is 2.92. The Bertz CT molecular complexity index is 1370. The van der Waals surface area contributed by atoms with Crippen LogP contribution in [0.1, 0.15) is 61.8 Å². The molecule has 3 aromatic heterocycles. The molecule has 4 aromatic rings. The highest BCUT2D eigenvalue weighted by Crippen LogP contribution is 2.35. The molecule has 0 saturated heterocycles. The minimum Gasteiger partial charge on any atom is -0.397 e. The van der Waals surface area contributed by atoms with Crippen molar-refractivity contribution in [3.8, 4) is 0 Å². The number of nitrogen functional groups attached to an aromatic ring is 1. The number of aromatic nitrogens is 1. The predicted molar refractivity (Wildman–Crippen MR) is 142 cm³/mol. The van der Waals surface area contributed by atoms with Crippen LogP contribution >= 0.6 is 22.7 Å². The van der Waals surface area contributed by atoms with Gasteiger partial charge >= 0.3 is 0 Å². The fourth-order valence-corrected chi connectivity index (χ4v) is 5.84. The Kier molecular flexibility index (Phi) is 6.56. The lowest BCUT2D eigenvalue weighted by atomic mass is 9.96. The first kappa shape index (κ1) is 22.5. The fourth-order valence-electron chi connectivity index (χ4n) is 4.23. The summed E-state index contributed by atoms with van der Waals surface area (Å²) in [6.45, 7) is 0. The molecule has 0 atom stereocenters. The van der Waals surface area contributed by atoms with Gasteiger partial charge in [0, 0.05) is 27.2 Å². The van der Waals surface area contributed by atoms with E-state index in [4.69, 9.17) is 10.7 Å². The maximum Gasteiger partial charge on any atom is 0.267 e. The summed E-state index contributed by atoms with van der Waals surface area (Å²) in [7, 11) is 0. The molecule has 1 aliphatic rings. The molecule has 0 saturated carbocycles. The van der Waals surface area contributed by atoms with Crippen molar-refractivity contribution in [1.82, 2.24) is 4.98 Å². The molecular formula is C27H25N3O2S2. The molecule has 5 rings (SSSR count). The SMILES string of the molecule is Nc1c(C(=O)Nc2ccc(C(=O)C=Cc3cccs3)cc2)sc2nc3c(cc12)CCCCCC3. The molecule has 1 aromatic carbocycles. The normalized spacial score (nSPS) is 14.0. The van der Waals surface area contributed by atoms with Gasteiger partial charge in [-0.1, -0.05) is 18.9 Å². The van der Waals surface area contributed by atoms with Crippen LogP contribution in [0.3, 0.4) is 0 Å². The first-order valence-electron chi connectivity index (χ1n) is 11.5. The van der Waals surface area contributed by atoms with E-state index in [1.54, 1.807) is 41.7 Å². The lowest BCUT2D eigenvalue weighted by Gasteiger charge is -2.12. The number of nitrogens with zero attached hydrogens (tertiary/aromatic N) is 1. The number of hydrogen-bond donors (Lipinski definition) is 2. The zero-order chi connectivity index (χ0) is 23.5. The number of ketones is 1. The maximum atomic E-state index is 13.0. The van der Waals surface area contributed by atoms with Gasteiger partial charge in [-0.2, -0.15) is 0 Å². The van der Waals surface area contributed by atoms with Crippen LogP contribution in [0, 0.1) is 0 Å². The smallest absolute Gasteiger partial charge is 0.267 e. The molecular weight excluding hydrogens is 462 g/mol. The van der Waals surface area contributed by atoms with E-state index in [9.17, 15) is 9.59 Å². The number of fused-ring (bicyclic) bond motifs is 2. The summed E-state index contributed by atoms with van der Waals surface area (Å²) in [4.78, 5) is 32.6. The third-order valence-corrected chi connectivity index (χ3v) is 8.03. The second-order valence-electron chi connectivity index (χ2n) is 8.45. The molecule has 172 valence electrons. The number of allylic oxidation sites excluding steroid dienone is 1. The van der Waals surface area contributed by atoms with E-state index in [1.807, 2.05) is 23.6 Å². The Balaban J connectivity index is 1.32. The number of hydrogen-bond acceptors (Lipinski definition) is 6. The van der Waals surface area contributed by atoms with E-state index in [-0.39, 0.29) is 11.7 Å². The number of rotatable bonds is 5. The molecule has 0 aliphatic heterocycles. The Morgan fingerprint density at radius 3 is 2.59 bits per heavy atom. The number of benzene rings is 1. The second-order valence-corrected chi connectivity index (χ2v) is 10.4. The van der Waals surface area contributed by atoms with Gasteiger partial charge in [-0.25, -0.2) is 4.98 Å². The average Bonchev–Trinajstić information content (AvgIpc) is 3.46. The summed E-state index contributed by atoms with van der Waals surface area (Å²) in [6.07, 6.45) is 10.2. The van der Waals surface area contributed by atoms with Crippen molar-refractivity contribution < 1.29 is 9.59 Å². The van der Waals surface area contributed by atoms with Crippen LogP contribution in [0.25, 0.3) is 16.3 Å². The fraction of sp³-hybridized carbons (Fsp3) is 0.222. The highest BCUT2D eigenvalue weighted by Gasteiger charge is 2.20. The second kappa shape index (κ2) is 9.91. The van der Waals surface area contributed by atoms with Crippen molar-refractivity contribution in [3.05, 3.63) is 80.5 Å². The summed E-state index contributed by atoms with van der Waals surface area (Å²) in [5, 5.41) is 5.74. The third kappa shape index (κ3) is 4.81. The lowest BCUT2D eigenvalue weighted by molar-refractivity contribution is 0.102. The molecule has 0 spiro atoms. The highest BCUT2D eigenvalue weighted by atomic mass is 32.1. The predicted octanol–water partition coefficient (Wildman–Crippen LogP) is 6.75. The van der Waals surface area contributed by atoms with Crippen LogP contribution in [-0.2, 0) is 12.8 Å². The van der Waals surface area contributed by atoms with E-state index >= 15 is 0 Å². The minimum absolute atomic E-state index is 0.0818. The summed E-state index contributed by atoms with van der Waals surface area (Å²) in [6, 6.07) is 12.9. The van der Waals surface area contributed by atoms with E-state index in [0.29, 0.717) is 21.8 Å². The summed E-state index contributed by atoms with van der Waals surface area (Å²) < 4.78 is 0. The number of carbonyl (C=O) groups excluding carboxylic acids is 2. The van der Waals surface area contributed by atoms with Gasteiger partial charge in [-0.3, -0.25) is 9.59 Å². The number of aryl methyl sites for hydroxylation is 2. The molecule has 5 nitrogen and oxygen atoms in total. The van der Waals surface area contributed by atoms with Gasteiger partial charge < -0.3 is 11.1 Å². The molecule has 34 heavy (non-hydrogen) atoms. The van der Waals surface area contributed by atoms with Crippen LogP contribution in [0.15, 0.2) is 53.9 Å². The quantitative estimate of drug-likeness (QED) is 0.241. The first-order chi connectivity index (χ1) is 16.6. The van der Waals surface area contributed by atoms with Crippen LogP contribution in [0.2, 0.25) is 0 Å². The number of thiophene rings is 2. The van der Waals surface area contributed by atoms with Gasteiger partial charge in [0.25, 0.3) is 5.91 Å². The van der Waals surface area contributed by atoms with Gasteiger partial charge in [-0.05, 0) is 85.2 Å². The third-order valence-electron chi connectivity index (χ3n) is 6.08. The Morgan fingerprint density at radius 2 is 1.82 bits per heavy atom. The zero-order valence-electron chi connectivity index (χ0n) is 18.7. The Morgan fingerprint density at radius 1 is 1.03 bits per heavy atom. The topological polar surface area (TPSA) is 85.1 Å². The summed E-state index contributed by atoms with van der Waals surface area (Å²) in [5.74, 6) is -0.341. The molecule has 1 amide bonds. The minimum atomic E-state index is -0.260. The van der Waals surface area contributed by atoms with E-state index in [0.717, 1.165) is 40.1 Å². The largest absolute Gasteiger partial charge is 0.397 e. The van der Waals surface area contributed by atoms with Crippen molar-refractivity contribution in [2.75, 3.05) is 11.1 Å². The number of anilines is 2. The van der Waals surface area contributed by atoms with Gasteiger partial charge in [0.1, 0.15) is 9.71 Å². The molecule has 0 radical (unpaired) electrons. The van der Waals surface area contributed by atoms with Gasteiger partial charge in [0.15, 0.2) is 5.78 Å². The highest BCUT2D eigenvalue weighted by molar-refractivity contribution is 7.21. The van der Waals surface area contributed by atoms with E-state index < -0.39 is 0 Å². The maximum absolute atomic E-state index is 13.0. The Hall–Kier alpha value is -3.29. The molecule has 7 heteroatoms. The zero-order valence-corrected chi connectivity index (χ0v) is 20.3. The van der Waals surface area contributed by atoms with E-state index in [2.05, 4.69) is 11.4 Å². The molecule has 3 heterocycles. The molecule has 1 aliphatic carbocycles. The number of nitrogens with one attached hydrogen (secondary N) is 1. The number of amides is 1. The van der Waals surface area contributed by atoms with Crippen molar-refractivity contribution in [1.29, 1.82) is 0 Å². The summed E-state index contributed by atoms with van der Waals surface area (Å²) in [5.41, 5.74) is 10.5. The van der Waals surface area contributed by atoms with Crippen molar-refractivity contribution >= 4 is 62.0 Å². The lowest BCUT2D eigenvalue weighted by Crippen LogP contribution is -2.12. The van der Waals surface area contributed by atoms with Gasteiger partial charge in [-0.15, -0.1) is 22.7 Å². The van der Waals surface area contributed by atoms with Crippen LogP contribution in [-0.4, -0.2) is 16.7 Å². The molecule has 0 unspecified atom stereocenters. The number of nitrogens with two attached hydrogens (primary N) is 1. The van der Waals surface area contributed by atoms with Crippen LogP contribution < -0.4 is 11.1 Å². The van der Waals surface area contributed by atoms with Crippen molar-refractivity contribution in [3.63, 3.8) is 0 Å². The first-order valence-corrected chi connectivity index (χ1v) is 13.2. The molecule has 3 N–H and O–H groups in total. The standard InChI is InChI=1S/C27H25N3O2S2/c28-24-21-16-18-6-3-1-2-4-8-22(18)30-27(21)34-25(24)26(32)29-19-11-9-17(10-12-19)23(31)14-13-20-7-5-15-33-20/h5,7,9-16H,1-4,6,8,28H2,(H,29,32). The van der Waals surface area contributed by atoms with Gasteiger partial charge in [0.05, 0.1) is 5.69 Å². The van der Waals surface area contributed by atoms with Crippen LogP contribution in [0.5, 0.6) is 0 Å². The Labute approximate surface area is 206 Å². The number of carbonyl (C=O) groups is 2. The van der Waals surface area contributed by atoms with Crippen LogP contribution in [0.4, 0.5) is 11.4 Å². The average molecular weight is 488 g/mol. The van der Waals surface area contributed by atoms with Crippen molar-refractivity contribution in [2.24, 2.45) is 0 Å². The molecule has 0 bridgehead atoms. The van der Waals surface area contributed by atoms with Crippen molar-refractivity contribution in [2.45, 2.75) is 38.5 Å². The van der Waals surface area contributed by atoms with Gasteiger partial charge in [0.2, 0.25) is 0 Å².